The zero-order valence-electron chi connectivity index (χ0n) is 5.39. The molecule has 0 unspecified atom stereocenters. The lowest BCUT2D eigenvalue weighted by Gasteiger charge is -2.01. The molecule has 1 nitrogen and oxygen atoms in total. The number of halogens is 3. The molecule has 1 aromatic carbocycles. The van der Waals surface area contributed by atoms with E-state index in [0.29, 0.717) is 0 Å². The monoisotopic (exact) mass is 162 g/mol. The minimum atomic E-state index is -2.89. The van der Waals surface area contributed by atoms with Crippen LogP contribution in [0.3, 0.4) is 0 Å². The Morgan fingerprint density at radius 1 is 1.27 bits per heavy atom. The average molecular weight is 162 g/mol. The van der Waals surface area contributed by atoms with Gasteiger partial charge in [0.1, 0.15) is 0 Å². The maximum absolute atomic E-state index is 12.5. The third-order valence-corrected chi connectivity index (χ3v) is 1.24. The summed E-state index contributed by atoms with van der Waals surface area (Å²) in [6.07, 6.45) is -2.89. The van der Waals surface area contributed by atoms with Crippen LogP contribution in [-0.2, 0) is 0 Å². The van der Waals surface area contributed by atoms with Gasteiger partial charge in [-0.1, -0.05) is 12.1 Å². The number of rotatable bonds is 1. The van der Waals surface area contributed by atoms with Crippen LogP contribution in [0.15, 0.2) is 18.2 Å². The molecular weight excluding hydrogens is 157 g/mol. The molecule has 0 heterocycles. The summed E-state index contributed by atoms with van der Waals surface area (Å²) in [7, 11) is 0. The third-order valence-electron chi connectivity index (χ3n) is 1.24. The second-order valence-electron chi connectivity index (χ2n) is 1.98. The number of hydrogen-bond donors (Lipinski definition) is 1. The summed E-state index contributed by atoms with van der Waals surface area (Å²) >= 11 is 0. The Labute approximate surface area is 61.1 Å². The highest BCUT2D eigenvalue weighted by Gasteiger charge is 2.14. The van der Waals surface area contributed by atoms with Crippen molar-refractivity contribution in [1.29, 1.82) is 0 Å². The van der Waals surface area contributed by atoms with Crippen molar-refractivity contribution in [3.8, 4) is 5.75 Å². The van der Waals surface area contributed by atoms with Gasteiger partial charge in [0, 0.05) is 0 Å². The smallest absolute Gasteiger partial charge is 0.266 e. The van der Waals surface area contributed by atoms with E-state index in [9.17, 15) is 13.2 Å². The van der Waals surface area contributed by atoms with E-state index < -0.39 is 23.6 Å². The van der Waals surface area contributed by atoms with Gasteiger partial charge in [0.05, 0.1) is 5.56 Å². The van der Waals surface area contributed by atoms with E-state index in [1.54, 1.807) is 0 Å². The van der Waals surface area contributed by atoms with E-state index in [1.807, 2.05) is 0 Å². The third kappa shape index (κ3) is 1.45. The standard InChI is InChI=1S/C7H5F3O/c8-6-4(7(9)10)2-1-3-5(6)11/h1-3,7,11H. The van der Waals surface area contributed by atoms with Gasteiger partial charge in [-0.3, -0.25) is 0 Å². The Bertz CT molecular complexity index is 260. The second kappa shape index (κ2) is 2.82. The molecule has 4 heteroatoms. The van der Waals surface area contributed by atoms with Crippen molar-refractivity contribution in [1.82, 2.24) is 0 Å². The van der Waals surface area contributed by atoms with Crippen LogP contribution in [0.1, 0.15) is 12.0 Å². The Morgan fingerprint density at radius 3 is 2.36 bits per heavy atom. The number of hydrogen-bond acceptors (Lipinski definition) is 1. The minimum Gasteiger partial charge on any atom is -0.505 e. The van der Waals surface area contributed by atoms with E-state index in [1.165, 1.54) is 6.07 Å². The molecule has 0 bridgehead atoms. The van der Waals surface area contributed by atoms with Crippen LogP contribution in [0.25, 0.3) is 0 Å². The van der Waals surface area contributed by atoms with E-state index in [4.69, 9.17) is 5.11 Å². The molecule has 0 atom stereocenters. The van der Waals surface area contributed by atoms with Gasteiger partial charge in [-0.15, -0.1) is 0 Å². The summed E-state index contributed by atoms with van der Waals surface area (Å²) in [4.78, 5) is 0. The van der Waals surface area contributed by atoms with Crippen molar-refractivity contribution in [2.24, 2.45) is 0 Å². The van der Waals surface area contributed by atoms with Crippen molar-refractivity contribution >= 4 is 0 Å². The number of aromatic hydroxyl groups is 1. The predicted octanol–water partition coefficient (Wildman–Crippen LogP) is 2.47. The van der Waals surface area contributed by atoms with Crippen LogP contribution < -0.4 is 0 Å². The zero-order chi connectivity index (χ0) is 8.43. The van der Waals surface area contributed by atoms with E-state index in [-0.39, 0.29) is 0 Å². The molecule has 0 aliphatic rings. The lowest BCUT2D eigenvalue weighted by Crippen LogP contribution is -1.89. The fourth-order valence-electron chi connectivity index (χ4n) is 0.706. The molecule has 1 rings (SSSR count). The van der Waals surface area contributed by atoms with Gasteiger partial charge in [0.15, 0.2) is 11.6 Å². The van der Waals surface area contributed by atoms with E-state index >= 15 is 0 Å². The highest BCUT2D eigenvalue weighted by Crippen LogP contribution is 2.26. The van der Waals surface area contributed by atoms with Crippen LogP contribution in [-0.4, -0.2) is 5.11 Å². The van der Waals surface area contributed by atoms with Crippen LogP contribution in [0.4, 0.5) is 13.2 Å². The summed E-state index contributed by atoms with van der Waals surface area (Å²) in [5.41, 5.74) is -0.773. The van der Waals surface area contributed by atoms with E-state index in [0.717, 1.165) is 12.1 Å². The Balaban J connectivity index is 3.17. The summed E-state index contributed by atoms with van der Waals surface area (Å²) in [6, 6.07) is 3.11. The Hall–Kier alpha value is -1.19. The molecule has 0 amide bonds. The van der Waals surface area contributed by atoms with Crippen molar-refractivity contribution in [2.75, 3.05) is 0 Å². The molecule has 1 aromatic rings. The lowest BCUT2D eigenvalue weighted by atomic mass is 10.2. The first kappa shape index (κ1) is 7.91. The van der Waals surface area contributed by atoms with Crippen molar-refractivity contribution in [3.63, 3.8) is 0 Å². The normalized spacial score (nSPS) is 10.5. The molecule has 0 spiro atoms. The average Bonchev–Trinajstić information content (AvgIpc) is 1.94. The quantitative estimate of drug-likeness (QED) is 0.672. The van der Waals surface area contributed by atoms with Crippen molar-refractivity contribution < 1.29 is 18.3 Å². The summed E-state index contributed by atoms with van der Waals surface area (Å²) in [5.74, 6) is -2.00. The van der Waals surface area contributed by atoms with Crippen LogP contribution in [0, 0.1) is 5.82 Å². The molecule has 11 heavy (non-hydrogen) atoms. The molecule has 0 saturated heterocycles. The molecule has 0 aliphatic heterocycles. The SMILES string of the molecule is Oc1cccc(C(F)F)c1F. The second-order valence-corrected chi connectivity index (χ2v) is 1.98. The minimum absolute atomic E-state index is 0.747. The van der Waals surface area contributed by atoms with Crippen LogP contribution in [0.5, 0.6) is 5.75 Å². The van der Waals surface area contributed by atoms with Gasteiger partial charge >= 0.3 is 0 Å². The van der Waals surface area contributed by atoms with Crippen LogP contribution >= 0.6 is 0 Å². The van der Waals surface area contributed by atoms with Gasteiger partial charge in [-0.25, -0.2) is 13.2 Å². The molecule has 0 saturated carbocycles. The zero-order valence-corrected chi connectivity index (χ0v) is 5.39. The number of phenols is 1. The van der Waals surface area contributed by atoms with E-state index in [2.05, 4.69) is 0 Å². The van der Waals surface area contributed by atoms with Crippen molar-refractivity contribution in [3.05, 3.63) is 29.6 Å². The Kier molecular flexibility index (Phi) is 2.03. The molecular formula is C7H5F3O. The Morgan fingerprint density at radius 2 is 1.91 bits per heavy atom. The first-order valence-electron chi connectivity index (χ1n) is 2.88. The predicted molar refractivity (Wildman–Crippen MR) is 33.0 cm³/mol. The molecule has 60 valence electrons. The number of alkyl halides is 2. The molecule has 1 N–H and O–H groups in total. The maximum atomic E-state index is 12.5. The summed E-state index contributed by atoms with van der Waals surface area (Å²) in [5, 5.41) is 8.64. The van der Waals surface area contributed by atoms with Gasteiger partial charge in [0.2, 0.25) is 0 Å². The molecule has 0 aromatic heterocycles. The largest absolute Gasteiger partial charge is 0.505 e. The first-order chi connectivity index (χ1) is 5.13. The molecule has 0 aliphatic carbocycles. The van der Waals surface area contributed by atoms with Crippen LogP contribution in [0.2, 0.25) is 0 Å². The van der Waals surface area contributed by atoms with Gasteiger partial charge in [0.25, 0.3) is 6.43 Å². The summed E-state index contributed by atoms with van der Waals surface area (Å²) in [6.45, 7) is 0. The highest BCUT2D eigenvalue weighted by atomic mass is 19.3. The van der Waals surface area contributed by atoms with Gasteiger partial charge < -0.3 is 5.11 Å². The summed E-state index contributed by atoms with van der Waals surface area (Å²) < 4.78 is 36.2. The maximum Gasteiger partial charge on any atom is 0.266 e. The van der Waals surface area contributed by atoms with Crippen molar-refractivity contribution in [2.45, 2.75) is 6.43 Å². The lowest BCUT2D eigenvalue weighted by molar-refractivity contribution is 0.145. The van der Waals surface area contributed by atoms with Gasteiger partial charge in [-0.2, -0.15) is 0 Å². The molecule has 0 fully saturated rings. The fourth-order valence-corrected chi connectivity index (χ4v) is 0.706. The first-order valence-corrected chi connectivity index (χ1v) is 2.88. The fraction of sp³-hybridized carbons (Fsp3) is 0.143. The number of benzene rings is 1. The van der Waals surface area contributed by atoms with Gasteiger partial charge in [-0.05, 0) is 6.07 Å². The highest BCUT2D eigenvalue weighted by molar-refractivity contribution is 5.30. The molecule has 0 radical (unpaired) electrons. The number of phenolic OH excluding ortho intramolecular Hbond substituents is 1. The topological polar surface area (TPSA) is 20.2 Å².